The summed E-state index contributed by atoms with van der Waals surface area (Å²) in [6.07, 6.45) is 0. The molecule has 0 atom stereocenters. The zero-order valence-electron chi connectivity index (χ0n) is 5.71. The van der Waals surface area contributed by atoms with Gasteiger partial charge in [-0.1, -0.05) is 18.2 Å². The molecule has 0 bridgehead atoms. The molecule has 0 aliphatic heterocycles. The van der Waals surface area contributed by atoms with Crippen molar-refractivity contribution in [3.63, 3.8) is 0 Å². The molecule has 11 heavy (non-hydrogen) atoms. The molecule has 0 saturated heterocycles. The summed E-state index contributed by atoms with van der Waals surface area (Å²) in [7, 11) is 0. The summed E-state index contributed by atoms with van der Waals surface area (Å²) >= 11 is -0.263. The Morgan fingerprint density at radius 2 is 1.91 bits per heavy atom. The van der Waals surface area contributed by atoms with Crippen molar-refractivity contribution >= 4 is 0 Å². The van der Waals surface area contributed by atoms with Crippen LogP contribution in [0.3, 0.4) is 0 Å². The summed E-state index contributed by atoms with van der Waals surface area (Å²) in [6.45, 7) is 0. The zero-order valence-corrected chi connectivity index (χ0v) is 7.87. The third kappa shape index (κ3) is 3.06. The Kier molecular flexibility index (Phi) is 3.51. The van der Waals surface area contributed by atoms with Gasteiger partial charge in [-0.3, -0.25) is 0 Å². The van der Waals surface area contributed by atoms with Crippen LogP contribution in [-0.2, 0) is 0 Å². The van der Waals surface area contributed by atoms with Gasteiger partial charge in [0.2, 0.25) is 7.50 Å². The number of hydrogen-bond donors (Lipinski definition) is 0. The summed E-state index contributed by atoms with van der Waals surface area (Å²) in [6, 6.07) is 11.8. The van der Waals surface area contributed by atoms with Crippen molar-refractivity contribution in [3.05, 3.63) is 33.9 Å². The van der Waals surface area contributed by atoms with Crippen molar-refractivity contribution < 1.29 is 21.2 Å². The Morgan fingerprint density at radius 1 is 1.18 bits per heavy atom. The van der Waals surface area contributed by atoms with Crippen LogP contribution in [0.4, 0.5) is 0 Å². The van der Waals surface area contributed by atoms with Crippen LogP contribution in [-0.4, -0.2) is 0 Å². The van der Waals surface area contributed by atoms with Gasteiger partial charge in [0.15, 0.2) is 6.07 Å². The predicted molar refractivity (Wildman–Crippen MR) is 38.5 cm³/mol. The lowest BCUT2D eigenvalue weighted by atomic mass is 10.4. The van der Waals surface area contributed by atoms with Gasteiger partial charge in [-0.25, -0.2) is 0 Å². The predicted octanol–water partition coefficient (Wildman–Crippen LogP) is -1.57. The van der Waals surface area contributed by atoms with E-state index in [1.807, 2.05) is 30.3 Å². The Morgan fingerprint density at radius 3 is 2.55 bits per heavy atom. The smallest absolute Gasteiger partial charge is 0.183 e. The van der Waals surface area contributed by atoms with Crippen LogP contribution in [0.2, 0.25) is 0 Å². The standard InChI is InChI=1S/C9H5IN/c11-8-4-7-10-9-5-2-1-3-6-9/h1-3,5-6H/q+1. The van der Waals surface area contributed by atoms with Crippen LogP contribution in [0.5, 0.6) is 0 Å². The average Bonchev–Trinajstić information content (AvgIpc) is 2.07. The minimum Gasteiger partial charge on any atom is -0.183 e. The number of nitrogens with zero attached hydrogens (tertiary/aromatic N) is 1. The third-order valence-corrected chi connectivity index (χ3v) is 2.87. The van der Waals surface area contributed by atoms with Crippen LogP contribution in [0, 0.1) is 24.7 Å². The van der Waals surface area contributed by atoms with Crippen LogP contribution in [0.25, 0.3) is 0 Å². The molecule has 0 unspecified atom stereocenters. The zero-order chi connectivity index (χ0) is 7.94. The van der Waals surface area contributed by atoms with Crippen molar-refractivity contribution in [1.29, 1.82) is 5.26 Å². The number of rotatable bonds is 1. The molecule has 0 saturated carbocycles. The fourth-order valence-electron chi connectivity index (χ4n) is 0.577. The van der Waals surface area contributed by atoms with E-state index >= 15 is 0 Å². The number of nitriles is 1. The Hall–Kier alpha value is -1.00. The average molecular weight is 254 g/mol. The van der Waals surface area contributed by atoms with Gasteiger partial charge in [0.05, 0.1) is 5.92 Å². The molecule has 1 aromatic carbocycles. The first-order valence-electron chi connectivity index (χ1n) is 3.01. The van der Waals surface area contributed by atoms with Crippen molar-refractivity contribution in [2.24, 2.45) is 0 Å². The number of benzene rings is 1. The molecule has 0 amide bonds. The number of hydrogen-bond acceptors (Lipinski definition) is 1. The van der Waals surface area contributed by atoms with E-state index in [0.717, 1.165) is 0 Å². The van der Waals surface area contributed by atoms with Crippen molar-refractivity contribution in [2.75, 3.05) is 0 Å². The van der Waals surface area contributed by atoms with Crippen LogP contribution >= 0.6 is 0 Å². The van der Waals surface area contributed by atoms with E-state index in [1.165, 1.54) is 3.57 Å². The molecule has 0 heterocycles. The van der Waals surface area contributed by atoms with E-state index < -0.39 is 0 Å². The lowest BCUT2D eigenvalue weighted by Crippen LogP contribution is -3.59. The Bertz CT molecular complexity index is 313. The van der Waals surface area contributed by atoms with E-state index in [-0.39, 0.29) is 21.2 Å². The summed E-state index contributed by atoms with van der Waals surface area (Å²) in [5.41, 5.74) is 0. The van der Waals surface area contributed by atoms with E-state index in [1.54, 1.807) is 6.07 Å². The second-order valence-electron chi connectivity index (χ2n) is 1.72. The van der Waals surface area contributed by atoms with Crippen LogP contribution < -0.4 is 21.2 Å². The molecule has 2 heteroatoms. The topological polar surface area (TPSA) is 23.8 Å². The molecule has 1 rings (SSSR count). The maximum Gasteiger partial charge on any atom is 0.420 e. The number of halogens is 1. The van der Waals surface area contributed by atoms with Crippen LogP contribution in [0.1, 0.15) is 0 Å². The molecular weight excluding hydrogens is 249 g/mol. The van der Waals surface area contributed by atoms with Gasteiger partial charge in [0.25, 0.3) is 0 Å². The SMILES string of the molecule is N#CC#C[I+]c1ccccc1. The second-order valence-corrected chi connectivity index (χ2v) is 4.05. The van der Waals surface area contributed by atoms with E-state index in [4.69, 9.17) is 5.26 Å². The normalized spacial score (nSPS) is 7.55. The molecule has 0 aromatic heterocycles. The summed E-state index contributed by atoms with van der Waals surface area (Å²) in [4.78, 5) is 0. The van der Waals surface area contributed by atoms with Gasteiger partial charge in [0, 0.05) is 0 Å². The lowest BCUT2D eigenvalue weighted by Gasteiger charge is -1.75. The molecule has 0 spiro atoms. The summed E-state index contributed by atoms with van der Waals surface area (Å²) < 4.78 is 4.11. The monoisotopic (exact) mass is 254 g/mol. The van der Waals surface area contributed by atoms with Gasteiger partial charge in [-0.15, -0.1) is 0 Å². The van der Waals surface area contributed by atoms with Crippen LogP contribution in [0.15, 0.2) is 30.3 Å². The fraction of sp³-hybridized carbons (Fsp3) is 0. The molecule has 1 nitrogen and oxygen atoms in total. The fourth-order valence-corrected chi connectivity index (χ4v) is 1.92. The van der Waals surface area contributed by atoms with Gasteiger partial charge in [0.1, 0.15) is 0 Å². The van der Waals surface area contributed by atoms with E-state index in [0.29, 0.717) is 0 Å². The molecule has 0 radical (unpaired) electrons. The quantitative estimate of drug-likeness (QED) is 0.439. The Balaban J connectivity index is 2.60. The van der Waals surface area contributed by atoms with Gasteiger partial charge in [-0.2, -0.15) is 5.26 Å². The Labute approximate surface area is 76.3 Å². The maximum absolute atomic E-state index is 8.14. The molecule has 0 aliphatic carbocycles. The molecular formula is C9H5IN+. The molecule has 0 N–H and O–H groups in total. The van der Waals surface area contributed by atoms with Gasteiger partial charge >= 0.3 is 21.2 Å². The third-order valence-electron chi connectivity index (χ3n) is 0.993. The summed E-state index contributed by atoms with van der Waals surface area (Å²) in [5, 5.41) is 8.14. The minimum absolute atomic E-state index is 0.263. The highest BCUT2D eigenvalue weighted by molar-refractivity contribution is 5.12. The first-order chi connectivity index (χ1) is 5.43. The molecule has 0 fully saturated rings. The highest BCUT2D eigenvalue weighted by atomic mass is 127. The van der Waals surface area contributed by atoms with Crippen molar-refractivity contribution in [1.82, 2.24) is 0 Å². The first kappa shape index (κ1) is 8.10. The van der Waals surface area contributed by atoms with E-state index in [2.05, 4.69) is 9.85 Å². The van der Waals surface area contributed by atoms with Crippen molar-refractivity contribution in [3.8, 4) is 15.9 Å². The largest absolute Gasteiger partial charge is 0.420 e. The second kappa shape index (κ2) is 4.76. The minimum atomic E-state index is -0.263. The van der Waals surface area contributed by atoms with Gasteiger partial charge in [-0.05, 0) is 12.1 Å². The summed E-state index contributed by atoms with van der Waals surface area (Å²) in [5.74, 6) is 2.40. The molecule has 1 aromatic rings. The highest BCUT2D eigenvalue weighted by Gasteiger charge is 2.05. The molecule has 0 aliphatic rings. The first-order valence-corrected chi connectivity index (χ1v) is 5.17. The maximum atomic E-state index is 8.14. The van der Waals surface area contributed by atoms with E-state index in [9.17, 15) is 0 Å². The molecule has 52 valence electrons. The van der Waals surface area contributed by atoms with Gasteiger partial charge < -0.3 is 0 Å². The van der Waals surface area contributed by atoms with Crippen molar-refractivity contribution in [2.45, 2.75) is 0 Å². The highest BCUT2D eigenvalue weighted by Crippen LogP contribution is 1.81. The lowest BCUT2D eigenvalue weighted by molar-refractivity contribution is -0.535.